The van der Waals surface area contributed by atoms with Crippen LogP contribution in [0, 0.1) is 11.7 Å². The number of nitrogens with one attached hydrogen (secondary N) is 1. The molecule has 1 nitrogen and oxygen atoms in total. The number of rotatable bonds is 5. The van der Waals surface area contributed by atoms with Gasteiger partial charge in [-0.2, -0.15) is 0 Å². The van der Waals surface area contributed by atoms with Crippen LogP contribution >= 0.6 is 11.6 Å². The Labute approximate surface area is 102 Å². The highest BCUT2D eigenvalue weighted by Gasteiger charge is 2.07. The molecule has 1 aromatic carbocycles. The third kappa shape index (κ3) is 4.50. The minimum absolute atomic E-state index is 0.200. The third-order valence-electron chi connectivity index (χ3n) is 2.47. The second-order valence-electron chi connectivity index (χ2n) is 4.65. The summed E-state index contributed by atoms with van der Waals surface area (Å²) < 4.78 is 13.4. The van der Waals surface area contributed by atoms with Gasteiger partial charge < -0.3 is 5.32 Å². The second-order valence-corrected chi connectivity index (χ2v) is 5.08. The number of hydrogen-bond donors (Lipinski definition) is 1. The summed E-state index contributed by atoms with van der Waals surface area (Å²) in [4.78, 5) is 0. The summed E-state index contributed by atoms with van der Waals surface area (Å²) in [5.74, 6) is 0.445. The van der Waals surface area contributed by atoms with E-state index in [9.17, 15) is 4.39 Å². The first kappa shape index (κ1) is 13.5. The van der Waals surface area contributed by atoms with Gasteiger partial charge in [0.25, 0.3) is 0 Å². The molecule has 0 aromatic heterocycles. The molecular formula is C13H19ClFN. The molecule has 0 amide bonds. The largest absolute Gasteiger partial charge is 0.310 e. The van der Waals surface area contributed by atoms with Crippen LogP contribution in [0.25, 0.3) is 0 Å². The first-order valence-corrected chi connectivity index (χ1v) is 6.04. The molecule has 90 valence electrons. The van der Waals surface area contributed by atoms with Crippen molar-refractivity contribution in [1.29, 1.82) is 0 Å². The molecule has 0 radical (unpaired) electrons. The van der Waals surface area contributed by atoms with E-state index in [1.54, 1.807) is 12.1 Å². The van der Waals surface area contributed by atoms with Crippen molar-refractivity contribution >= 4 is 11.6 Å². The molecule has 1 aromatic rings. The number of benzene rings is 1. The van der Waals surface area contributed by atoms with Crippen LogP contribution in [0.15, 0.2) is 18.2 Å². The van der Waals surface area contributed by atoms with Crippen molar-refractivity contribution in [2.75, 3.05) is 0 Å². The maximum Gasteiger partial charge on any atom is 0.127 e. The molecule has 1 rings (SSSR count). The summed E-state index contributed by atoms with van der Waals surface area (Å²) in [7, 11) is 0. The zero-order chi connectivity index (χ0) is 12.1. The Morgan fingerprint density at radius 1 is 1.31 bits per heavy atom. The van der Waals surface area contributed by atoms with E-state index in [2.05, 4.69) is 26.1 Å². The Balaban J connectivity index is 2.51. The Kier molecular flexibility index (Phi) is 5.23. The predicted octanol–water partition coefficient (Wildman–Crippen LogP) is 4.00. The standard InChI is InChI=1S/C13H19ClFN/c1-9(2)6-10(3)16-8-11-7-12(14)4-5-13(11)15/h4-5,7,9-10,16H,6,8H2,1-3H3. The first-order valence-electron chi connectivity index (χ1n) is 5.66. The maximum atomic E-state index is 13.4. The molecule has 1 N–H and O–H groups in total. The molecule has 0 aliphatic carbocycles. The van der Waals surface area contributed by atoms with Crippen LogP contribution in [0.3, 0.4) is 0 Å². The van der Waals surface area contributed by atoms with Crippen molar-refractivity contribution in [2.45, 2.75) is 39.8 Å². The molecule has 0 fully saturated rings. The Morgan fingerprint density at radius 3 is 2.62 bits per heavy atom. The monoisotopic (exact) mass is 243 g/mol. The minimum atomic E-state index is -0.200. The summed E-state index contributed by atoms with van der Waals surface area (Å²) in [6, 6.07) is 5.04. The third-order valence-corrected chi connectivity index (χ3v) is 2.71. The summed E-state index contributed by atoms with van der Waals surface area (Å²) in [5.41, 5.74) is 0.628. The molecule has 0 bridgehead atoms. The van der Waals surface area contributed by atoms with Gasteiger partial charge in [-0.25, -0.2) is 4.39 Å². The van der Waals surface area contributed by atoms with E-state index in [-0.39, 0.29) is 5.82 Å². The zero-order valence-electron chi connectivity index (χ0n) is 10.1. The van der Waals surface area contributed by atoms with Gasteiger partial charge in [0, 0.05) is 23.2 Å². The summed E-state index contributed by atoms with van der Waals surface area (Å²) in [6.07, 6.45) is 1.09. The SMILES string of the molecule is CC(C)CC(C)NCc1cc(Cl)ccc1F. The molecule has 3 heteroatoms. The Hall–Kier alpha value is -0.600. The highest BCUT2D eigenvalue weighted by atomic mass is 35.5. The zero-order valence-corrected chi connectivity index (χ0v) is 10.8. The Bertz CT molecular complexity index is 339. The van der Waals surface area contributed by atoms with Crippen molar-refractivity contribution < 1.29 is 4.39 Å². The van der Waals surface area contributed by atoms with Gasteiger partial charge in [-0.1, -0.05) is 25.4 Å². The number of halogens is 2. The van der Waals surface area contributed by atoms with E-state index in [4.69, 9.17) is 11.6 Å². The quantitative estimate of drug-likeness (QED) is 0.824. The van der Waals surface area contributed by atoms with E-state index in [0.29, 0.717) is 29.1 Å². The molecular weight excluding hydrogens is 225 g/mol. The van der Waals surface area contributed by atoms with Gasteiger partial charge in [-0.3, -0.25) is 0 Å². The van der Waals surface area contributed by atoms with Crippen molar-refractivity contribution in [1.82, 2.24) is 5.32 Å². The summed E-state index contributed by atoms with van der Waals surface area (Å²) in [5, 5.41) is 3.88. The lowest BCUT2D eigenvalue weighted by Gasteiger charge is -2.16. The van der Waals surface area contributed by atoms with Crippen molar-refractivity contribution in [3.8, 4) is 0 Å². The van der Waals surface area contributed by atoms with E-state index < -0.39 is 0 Å². The van der Waals surface area contributed by atoms with Crippen molar-refractivity contribution in [3.05, 3.63) is 34.6 Å². The van der Waals surface area contributed by atoms with Crippen molar-refractivity contribution in [3.63, 3.8) is 0 Å². The van der Waals surface area contributed by atoms with E-state index >= 15 is 0 Å². The number of hydrogen-bond acceptors (Lipinski definition) is 1. The fourth-order valence-electron chi connectivity index (χ4n) is 1.75. The maximum absolute atomic E-state index is 13.4. The molecule has 0 saturated heterocycles. The van der Waals surface area contributed by atoms with Crippen molar-refractivity contribution in [2.24, 2.45) is 5.92 Å². The fraction of sp³-hybridized carbons (Fsp3) is 0.538. The van der Waals surface area contributed by atoms with Gasteiger partial charge in [0.15, 0.2) is 0 Å². The van der Waals surface area contributed by atoms with Gasteiger partial charge >= 0.3 is 0 Å². The fourth-order valence-corrected chi connectivity index (χ4v) is 1.95. The van der Waals surface area contributed by atoms with Crippen LogP contribution in [0.4, 0.5) is 4.39 Å². The lowest BCUT2D eigenvalue weighted by molar-refractivity contribution is 0.437. The van der Waals surface area contributed by atoms with Gasteiger partial charge in [-0.15, -0.1) is 0 Å². The molecule has 1 atom stereocenters. The van der Waals surface area contributed by atoms with Crippen LogP contribution in [0.1, 0.15) is 32.8 Å². The highest BCUT2D eigenvalue weighted by Crippen LogP contribution is 2.15. The van der Waals surface area contributed by atoms with Crippen LogP contribution in [0.2, 0.25) is 5.02 Å². The van der Waals surface area contributed by atoms with Crippen LogP contribution < -0.4 is 5.32 Å². The smallest absolute Gasteiger partial charge is 0.127 e. The average Bonchev–Trinajstić information content (AvgIpc) is 2.18. The van der Waals surface area contributed by atoms with Gasteiger partial charge in [-0.05, 0) is 37.5 Å². The molecule has 0 spiro atoms. The predicted molar refractivity (Wildman–Crippen MR) is 67.2 cm³/mol. The molecule has 0 heterocycles. The second kappa shape index (κ2) is 6.21. The van der Waals surface area contributed by atoms with Gasteiger partial charge in [0.2, 0.25) is 0 Å². The highest BCUT2D eigenvalue weighted by molar-refractivity contribution is 6.30. The van der Waals surface area contributed by atoms with E-state index in [1.165, 1.54) is 6.07 Å². The van der Waals surface area contributed by atoms with E-state index in [1.807, 2.05) is 0 Å². The lowest BCUT2D eigenvalue weighted by Crippen LogP contribution is -2.27. The summed E-state index contributed by atoms with van der Waals surface area (Å²) in [6.45, 7) is 7.00. The molecule has 0 aliphatic rings. The van der Waals surface area contributed by atoms with Crippen LogP contribution in [0.5, 0.6) is 0 Å². The van der Waals surface area contributed by atoms with Crippen LogP contribution in [-0.2, 0) is 6.54 Å². The Morgan fingerprint density at radius 2 is 2.00 bits per heavy atom. The molecule has 0 aliphatic heterocycles. The van der Waals surface area contributed by atoms with Gasteiger partial charge in [0.05, 0.1) is 0 Å². The molecule has 16 heavy (non-hydrogen) atoms. The van der Waals surface area contributed by atoms with E-state index in [0.717, 1.165) is 6.42 Å². The van der Waals surface area contributed by atoms with Gasteiger partial charge in [0.1, 0.15) is 5.82 Å². The lowest BCUT2D eigenvalue weighted by atomic mass is 10.0. The van der Waals surface area contributed by atoms with Crippen LogP contribution in [-0.4, -0.2) is 6.04 Å². The molecule has 0 saturated carbocycles. The minimum Gasteiger partial charge on any atom is -0.310 e. The first-order chi connectivity index (χ1) is 7.49. The molecule has 1 unspecified atom stereocenters. The summed E-state index contributed by atoms with van der Waals surface area (Å²) >= 11 is 5.82. The normalized spacial score (nSPS) is 13.1. The topological polar surface area (TPSA) is 12.0 Å². The average molecular weight is 244 g/mol.